The van der Waals surface area contributed by atoms with Crippen LogP contribution in [0, 0.1) is 5.92 Å². The number of rotatable bonds is 5. The van der Waals surface area contributed by atoms with Crippen molar-refractivity contribution in [1.82, 2.24) is 24.7 Å². The minimum atomic E-state index is -0.590. The zero-order valence-electron chi connectivity index (χ0n) is 31.2. The third-order valence-corrected chi connectivity index (χ3v) is 14.2. The van der Waals surface area contributed by atoms with E-state index in [0.717, 1.165) is 107 Å². The van der Waals surface area contributed by atoms with Gasteiger partial charge in [0.1, 0.15) is 11.9 Å². The number of hydrogen-bond acceptors (Lipinski definition) is 7. The first-order valence-corrected chi connectivity index (χ1v) is 20.8. The van der Waals surface area contributed by atoms with Crippen LogP contribution in [0.15, 0.2) is 59.4 Å². The second-order valence-corrected chi connectivity index (χ2v) is 17.3. The van der Waals surface area contributed by atoms with E-state index in [0.29, 0.717) is 40.8 Å². The number of benzene rings is 3. The lowest BCUT2D eigenvalue weighted by atomic mass is 9.69. The summed E-state index contributed by atoms with van der Waals surface area (Å²) >= 11 is 6.61. The predicted molar refractivity (Wildman–Crippen MR) is 212 cm³/mol. The van der Waals surface area contributed by atoms with Crippen molar-refractivity contribution in [2.75, 3.05) is 37.6 Å². The summed E-state index contributed by atoms with van der Waals surface area (Å²) < 4.78 is 2.27. The summed E-state index contributed by atoms with van der Waals surface area (Å²) in [6.45, 7) is 5.71. The number of amides is 3. The van der Waals surface area contributed by atoms with Crippen molar-refractivity contribution in [3.8, 4) is 5.69 Å². The largest absolute Gasteiger partial charge is 0.372 e. The van der Waals surface area contributed by atoms with E-state index in [1.807, 2.05) is 18.2 Å². The van der Waals surface area contributed by atoms with E-state index >= 15 is 0 Å². The maximum atomic E-state index is 13.4. The molecule has 0 radical (unpaired) electrons. The van der Waals surface area contributed by atoms with E-state index in [4.69, 9.17) is 16.6 Å². The van der Waals surface area contributed by atoms with Gasteiger partial charge in [0.15, 0.2) is 0 Å². The Balaban J connectivity index is 0.784. The normalized spacial score (nSPS) is 23.0. The van der Waals surface area contributed by atoms with E-state index in [9.17, 15) is 19.2 Å². The Morgan fingerprint density at radius 2 is 1.65 bits per heavy atom. The topological polar surface area (TPSA) is 108 Å². The van der Waals surface area contributed by atoms with Gasteiger partial charge in [-0.05, 0) is 123 Å². The molecule has 1 spiro atoms. The van der Waals surface area contributed by atoms with Crippen LogP contribution in [-0.2, 0) is 21.5 Å². The van der Waals surface area contributed by atoms with E-state index in [-0.39, 0.29) is 35.1 Å². The molecule has 3 amide bonds. The van der Waals surface area contributed by atoms with Gasteiger partial charge in [-0.1, -0.05) is 49.1 Å². The molecule has 5 aliphatic heterocycles. The maximum Gasteiger partial charge on any atom is 0.282 e. The molecule has 11 heteroatoms. The second kappa shape index (κ2) is 13.6. The van der Waals surface area contributed by atoms with Crippen LogP contribution in [0.3, 0.4) is 0 Å². The molecule has 1 N–H and O–H groups in total. The van der Waals surface area contributed by atoms with Gasteiger partial charge in [-0.2, -0.15) is 4.98 Å². The molecule has 1 saturated carbocycles. The lowest BCUT2D eigenvalue weighted by molar-refractivity contribution is -0.136. The van der Waals surface area contributed by atoms with Crippen molar-refractivity contribution in [3.63, 3.8) is 0 Å². The molecule has 10 nitrogen and oxygen atoms in total. The van der Waals surface area contributed by atoms with Gasteiger partial charge in [0.25, 0.3) is 11.5 Å². The Morgan fingerprint density at radius 3 is 2.44 bits per heavy atom. The van der Waals surface area contributed by atoms with E-state index < -0.39 is 6.04 Å². The molecular formula is C44H47ClN6O4. The number of anilines is 1. The number of imide groups is 1. The summed E-state index contributed by atoms with van der Waals surface area (Å²) in [7, 11) is 0. The monoisotopic (exact) mass is 758 g/mol. The van der Waals surface area contributed by atoms with Crippen molar-refractivity contribution in [2.45, 2.75) is 94.5 Å². The zero-order chi connectivity index (χ0) is 37.4. The molecule has 1 aromatic heterocycles. The molecule has 4 aromatic rings. The molecule has 284 valence electrons. The number of nitrogens with one attached hydrogen (secondary N) is 1. The van der Waals surface area contributed by atoms with E-state index in [1.54, 1.807) is 11.0 Å². The minimum absolute atomic E-state index is 0.123. The highest BCUT2D eigenvalue weighted by Gasteiger charge is 2.47. The lowest BCUT2D eigenvalue weighted by Gasteiger charge is -2.38. The molecule has 6 heterocycles. The SMILES string of the molecule is O=C1CCC(N2Cc3cc(N4CCC(CN5CCC(c6ccc7c(c6)-n6c(nc(=O)c8c(Cl)cccc86)C76CCCCC6)CC5)CC4)ccc3C2=O)C(=O)N1. The molecular weight excluding hydrogens is 712 g/mol. The average Bonchev–Trinajstić information content (AvgIpc) is 3.66. The Morgan fingerprint density at radius 1 is 0.855 bits per heavy atom. The van der Waals surface area contributed by atoms with Gasteiger partial charge in [0, 0.05) is 43.9 Å². The summed E-state index contributed by atoms with van der Waals surface area (Å²) in [6.07, 6.45) is 10.7. The molecule has 6 aliphatic rings. The molecule has 55 heavy (non-hydrogen) atoms. The molecule has 4 fully saturated rings. The van der Waals surface area contributed by atoms with Crippen molar-refractivity contribution in [1.29, 1.82) is 0 Å². The van der Waals surface area contributed by atoms with Crippen LogP contribution in [0.5, 0.6) is 0 Å². The van der Waals surface area contributed by atoms with Crippen molar-refractivity contribution < 1.29 is 14.4 Å². The number of fused-ring (bicyclic) bond motifs is 8. The first-order valence-electron chi connectivity index (χ1n) is 20.4. The third-order valence-electron chi connectivity index (χ3n) is 13.8. The Kier molecular flexibility index (Phi) is 8.62. The number of carbonyl (C=O) groups is 3. The molecule has 1 aliphatic carbocycles. The number of aromatic nitrogens is 2. The van der Waals surface area contributed by atoms with Crippen molar-refractivity contribution in [2.24, 2.45) is 5.92 Å². The highest BCUT2D eigenvalue weighted by molar-refractivity contribution is 6.35. The number of likely N-dealkylation sites (tertiary alicyclic amines) is 1. The summed E-state index contributed by atoms with van der Waals surface area (Å²) in [5, 5.41) is 3.37. The fraction of sp³-hybridized carbons (Fsp3) is 0.477. The number of hydrogen-bond donors (Lipinski definition) is 1. The van der Waals surface area contributed by atoms with E-state index in [2.05, 4.69) is 50.0 Å². The van der Waals surface area contributed by atoms with Crippen molar-refractivity contribution in [3.05, 3.63) is 98.1 Å². The highest BCUT2D eigenvalue weighted by atomic mass is 35.5. The Labute approximate surface area is 325 Å². The quantitative estimate of drug-likeness (QED) is 0.233. The average molecular weight is 759 g/mol. The molecule has 3 saturated heterocycles. The first-order chi connectivity index (χ1) is 26.8. The van der Waals surface area contributed by atoms with Crippen molar-refractivity contribution >= 4 is 45.9 Å². The lowest BCUT2D eigenvalue weighted by Crippen LogP contribution is -2.52. The Hall–Kier alpha value is -4.54. The van der Waals surface area contributed by atoms with Crippen LogP contribution < -0.4 is 15.8 Å². The Bertz CT molecular complexity index is 2300. The smallest absolute Gasteiger partial charge is 0.282 e. The van der Waals surface area contributed by atoms with Crippen LogP contribution in [0.4, 0.5) is 5.69 Å². The molecule has 10 rings (SSSR count). The zero-order valence-corrected chi connectivity index (χ0v) is 32.0. The number of piperidine rings is 3. The molecule has 0 bridgehead atoms. The van der Waals surface area contributed by atoms with Crippen LogP contribution >= 0.6 is 11.6 Å². The molecule has 1 atom stereocenters. The van der Waals surface area contributed by atoms with Gasteiger partial charge in [-0.3, -0.25) is 29.1 Å². The minimum Gasteiger partial charge on any atom is -0.372 e. The summed E-state index contributed by atoms with van der Waals surface area (Å²) in [5.41, 5.74) is 7.09. The predicted octanol–water partition coefficient (Wildman–Crippen LogP) is 6.46. The van der Waals surface area contributed by atoms with E-state index in [1.165, 1.54) is 23.2 Å². The number of halogens is 1. The van der Waals surface area contributed by atoms with Gasteiger partial charge < -0.3 is 14.7 Å². The fourth-order valence-corrected chi connectivity index (χ4v) is 11.1. The number of nitrogens with zero attached hydrogens (tertiary/aromatic N) is 5. The highest BCUT2D eigenvalue weighted by Crippen LogP contribution is 2.52. The summed E-state index contributed by atoms with van der Waals surface area (Å²) in [4.78, 5) is 62.2. The summed E-state index contributed by atoms with van der Waals surface area (Å²) in [5.74, 6) is 1.29. The van der Waals surface area contributed by atoms with Gasteiger partial charge in [-0.25, -0.2) is 0 Å². The van der Waals surface area contributed by atoms with Gasteiger partial charge in [-0.15, -0.1) is 0 Å². The summed E-state index contributed by atoms with van der Waals surface area (Å²) in [6, 6.07) is 18.4. The van der Waals surface area contributed by atoms with Gasteiger partial charge in [0.2, 0.25) is 11.8 Å². The first kappa shape index (κ1) is 34.9. The van der Waals surface area contributed by atoms with Crippen LogP contribution in [0.25, 0.3) is 16.6 Å². The second-order valence-electron chi connectivity index (χ2n) is 16.9. The van der Waals surface area contributed by atoms with Gasteiger partial charge in [0.05, 0.1) is 27.0 Å². The third kappa shape index (κ3) is 5.81. The maximum absolute atomic E-state index is 13.4. The van der Waals surface area contributed by atoms with Gasteiger partial charge >= 0.3 is 0 Å². The van der Waals surface area contributed by atoms with Crippen LogP contribution in [0.2, 0.25) is 5.02 Å². The van der Waals surface area contributed by atoms with Crippen LogP contribution in [-0.4, -0.2) is 75.8 Å². The number of carbonyl (C=O) groups excluding carboxylic acids is 3. The molecule has 1 unspecified atom stereocenters. The fourth-order valence-electron chi connectivity index (χ4n) is 10.9. The van der Waals surface area contributed by atoms with Crippen LogP contribution in [0.1, 0.15) is 109 Å². The molecule has 3 aromatic carbocycles. The standard InChI is InChI=1S/C44H47ClN6O4/c45-34-5-4-6-35-39(34)41(54)47-43-44(17-2-1-3-18-44)33-10-7-29(24-37(33)51(35)43)28-15-19-48(20-16-28)25-27-13-21-49(22-14-27)31-8-9-32-30(23-31)26-50(42(32)55)36-11-12-38(52)46-40(36)53/h4-10,23-24,27-28,36H,1-3,11-22,25-26H2,(H,46,52,53).